The van der Waals surface area contributed by atoms with Crippen LogP contribution in [0, 0.1) is 0 Å². The molecule has 2 amide bonds. The Morgan fingerprint density at radius 2 is 2.32 bits per heavy atom. The lowest BCUT2D eigenvalue weighted by Gasteiger charge is -2.27. The lowest BCUT2D eigenvalue weighted by Crippen LogP contribution is -2.45. The number of hydrogen-bond acceptors (Lipinski definition) is 5. The molecule has 1 atom stereocenters. The monoisotopic (exact) mass is 307 g/mol. The zero-order chi connectivity index (χ0) is 16.2. The van der Waals surface area contributed by atoms with E-state index in [1.54, 1.807) is 23.4 Å². The second kappa shape index (κ2) is 6.64. The molecule has 2 heterocycles. The summed E-state index contributed by atoms with van der Waals surface area (Å²) in [5.41, 5.74) is 4.56. The minimum atomic E-state index is -1.18. The smallest absolute Gasteiger partial charge is 0.405 e. The highest BCUT2D eigenvalue weighted by Gasteiger charge is 2.50. The van der Waals surface area contributed by atoms with Gasteiger partial charge in [-0.1, -0.05) is 13.3 Å². The molecule has 0 saturated carbocycles. The summed E-state index contributed by atoms with van der Waals surface area (Å²) < 4.78 is 10.5. The Hall–Kier alpha value is -2.31. The summed E-state index contributed by atoms with van der Waals surface area (Å²) in [5.74, 6) is 0.278. The zero-order valence-corrected chi connectivity index (χ0v) is 12.9. The molecule has 1 aliphatic heterocycles. The van der Waals surface area contributed by atoms with Gasteiger partial charge in [0.05, 0.1) is 13.3 Å². The van der Waals surface area contributed by atoms with E-state index in [1.807, 2.05) is 6.92 Å². The Balaban J connectivity index is 2.30. The van der Waals surface area contributed by atoms with Crippen LogP contribution in [0.3, 0.4) is 0 Å². The predicted octanol–water partition coefficient (Wildman–Crippen LogP) is 1.85. The first-order valence-electron chi connectivity index (χ1n) is 7.32. The Morgan fingerprint density at radius 1 is 1.55 bits per heavy atom. The maximum absolute atomic E-state index is 12.8. The van der Waals surface area contributed by atoms with Crippen LogP contribution in [-0.2, 0) is 9.53 Å². The van der Waals surface area contributed by atoms with Gasteiger partial charge < -0.3 is 20.1 Å². The van der Waals surface area contributed by atoms with Crippen molar-refractivity contribution in [3.63, 3.8) is 0 Å². The molecule has 1 aromatic heterocycles. The molecule has 0 aliphatic carbocycles. The quantitative estimate of drug-likeness (QED) is 0.865. The summed E-state index contributed by atoms with van der Waals surface area (Å²) in [4.78, 5) is 29.7. The summed E-state index contributed by atoms with van der Waals surface area (Å²) in [6.45, 7) is 2.44. The van der Waals surface area contributed by atoms with Gasteiger partial charge in [-0.3, -0.25) is 9.78 Å². The number of carbonyl (C=O) groups is 2. The number of hydrogen-bond donors (Lipinski definition) is 1. The lowest BCUT2D eigenvalue weighted by molar-refractivity contribution is -0.134. The van der Waals surface area contributed by atoms with E-state index in [2.05, 4.69) is 4.98 Å². The molecule has 0 aromatic carbocycles. The standard InChI is InChI=1S/C15H21N3O4/c1-3-4-6-15(22-14(16)20)7-9-18(13(15)19)11-10-17-8-5-12(11)21-2/h5,8,10H,3-4,6-7,9H2,1-2H3,(H2,16,20). The minimum absolute atomic E-state index is 0.272. The number of rotatable bonds is 6. The number of ether oxygens (including phenoxy) is 2. The Bertz CT molecular complexity index is 563. The first kappa shape index (κ1) is 16.1. The fourth-order valence-corrected chi connectivity index (χ4v) is 2.76. The van der Waals surface area contributed by atoms with E-state index >= 15 is 0 Å². The van der Waals surface area contributed by atoms with E-state index in [9.17, 15) is 9.59 Å². The summed E-state index contributed by atoms with van der Waals surface area (Å²) >= 11 is 0. The van der Waals surface area contributed by atoms with Crippen molar-refractivity contribution in [2.75, 3.05) is 18.6 Å². The molecular formula is C15H21N3O4. The van der Waals surface area contributed by atoms with Crippen LogP contribution in [0.15, 0.2) is 18.5 Å². The average Bonchev–Trinajstić information content (AvgIpc) is 2.82. The number of primary amides is 1. The molecule has 0 spiro atoms. The molecule has 1 aliphatic rings. The first-order chi connectivity index (χ1) is 10.5. The van der Waals surface area contributed by atoms with Gasteiger partial charge in [-0.15, -0.1) is 0 Å². The van der Waals surface area contributed by atoms with E-state index in [0.29, 0.717) is 30.8 Å². The molecule has 1 saturated heterocycles. The minimum Gasteiger partial charge on any atom is -0.494 e. The SMILES string of the molecule is CCCCC1(OC(N)=O)CCN(c2cnccc2OC)C1=O. The third-order valence-corrected chi connectivity index (χ3v) is 3.88. The number of unbranched alkanes of at least 4 members (excludes halogenated alkanes) is 1. The summed E-state index contributed by atoms with van der Waals surface area (Å²) in [7, 11) is 1.53. The number of pyridine rings is 1. The largest absolute Gasteiger partial charge is 0.494 e. The fourth-order valence-electron chi connectivity index (χ4n) is 2.76. The second-order valence-corrected chi connectivity index (χ2v) is 5.27. The van der Waals surface area contributed by atoms with Gasteiger partial charge in [0.2, 0.25) is 0 Å². The number of anilines is 1. The van der Waals surface area contributed by atoms with Crippen molar-refractivity contribution in [1.29, 1.82) is 0 Å². The van der Waals surface area contributed by atoms with Crippen LogP contribution in [0.4, 0.5) is 10.5 Å². The fraction of sp³-hybridized carbons (Fsp3) is 0.533. The van der Waals surface area contributed by atoms with Crippen LogP contribution in [0.5, 0.6) is 5.75 Å². The van der Waals surface area contributed by atoms with Crippen molar-refractivity contribution in [2.24, 2.45) is 5.73 Å². The van der Waals surface area contributed by atoms with E-state index in [1.165, 1.54) is 7.11 Å². The van der Waals surface area contributed by atoms with Gasteiger partial charge in [0.1, 0.15) is 11.4 Å². The third kappa shape index (κ3) is 2.98. The van der Waals surface area contributed by atoms with E-state index in [0.717, 1.165) is 12.8 Å². The number of carbonyl (C=O) groups excluding carboxylic acids is 2. The number of nitrogens with two attached hydrogens (primary N) is 1. The van der Waals surface area contributed by atoms with Crippen LogP contribution in [-0.4, -0.2) is 36.2 Å². The molecule has 1 fully saturated rings. The van der Waals surface area contributed by atoms with E-state index in [4.69, 9.17) is 15.2 Å². The van der Waals surface area contributed by atoms with Gasteiger partial charge in [-0.25, -0.2) is 4.79 Å². The normalized spacial score (nSPS) is 21.0. The number of aromatic nitrogens is 1. The Morgan fingerprint density at radius 3 is 2.95 bits per heavy atom. The zero-order valence-electron chi connectivity index (χ0n) is 12.9. The molecule has 7 heteroatoms. The van der Waals surface area contributed by atoms with Crippen molar-refractivity contribution in [1.82, 2.24) is 4.98 Å². The lowest BCUT2D eigenvalue weighted by atomic mass is 9.95. The van der Waals surface area contributed by atoms with Crippen LogP contribution >= 0.6 is 0 Å². The Labute approximate surface area is 129 Å². The highest BCUT2D eigenvalue weighted by atomic mass is 16.6. The number of methoxy groups -OCH3 is 1. The molecule has 0 bridgehead atoms. The van der Waals surface area contributed by atoms with Crippen molar-refractivity contribution in [3.8, 4) is 5.75 Å². The molecule has 1 unspecified atom stereocenters. The topological polar surface area (TPSA) is 94.8 Å². The highest BCUT2D eigenvalue weighted by molar-refractivity contribution is 6.03. The van der Waals surface area contributed by atoms with E-state index < -0.39 is 11.7 Å². The molecule has 22 heavy (non-hydrogen) atoms. The van der Waals surface area contributed by atoms with Gasteiger partial charge >= 0.3 is 6.09 Å². The summed E-state index contributed by atoms with van der Waals surface area (Å²) in [6, 6.07) is 1.68. The molecule has 2 rings (SSSR count). The van der Waals surface area contributed by atoms with Gasteiger partial charge in [-0.05, 0) is 12.8 Å². The van der Waals surface area contributed by atoms with Gasteiger partial charge in [0.25, 0.3) is 5.91 Å². The van der Waals surface area contributed by atoms with Crippen molar-refractivity contribution in [2.45, 2.75) is 38.2 Å². The molecule has 0 radical (unpaired) electrons. The van der Waals surface area contributed by atoms with E-state index in [-0.39, 0.29) is 5.91 Å². The van der Waals surface area contributed by atoms with Gasteiger partial charge in [-0.2, -0.15) is 0 Å². The van der Waals surface area contributed by atoms with Gasteiger partial charge in [0, 0.05) is 25.2 Å². The van der Waals surface area contributed by atoms with Crippen molar-refractivity contribution >= 4 is 17.7 Å². The number of nitrogens with zero attached hydrogens (tertiary/aromatic N) is 2. The van der Waals surface area contributed by atoms with Crippen molar-refractivity contribution in [3.05, 3.63) is 18.5 Å². The highest BCUT2D eigenvalue weighted by Crippen LogP contribution is 2.38. The number of amides is 2. The summed E-state index contributed by atoms with van der Waals surface area (Å²) in [6.07, 6.45) is 4.77. The maximum atomic E-state index is 12.8. The maximum Gasteiger partial charge on any atom is 0.405 e. The van der Waals surface area contributed by atoms with Gasteiger partial charge in [0.15, 0.2) is 5.60 Å². The second-order valence-electron chi connectivity index (χ2n) is 5.27. The third-order valence-electron chi connectivity index (χ3n) is 3.88. The molecule has 120 valence electrons. The molecule has 7 nitrogen and oxygen atoms in total. The molecular weight excluding hydrogens is 286 g/mol. The van der Waals surface area contributed by atoms with Crippen molar-refractivity contribution < 1.29 is 19.1 Å². The van der Waals surface area contributed by atoms with Crippen LogP contribution < -0.4 is 15.4 Å². The van der Waals surface area contributed by atoms with Crippen LogP contribution in [0.1, 0.15) is 32.6 Å². The van der Waals surface area contributed by atoms with Crippen LogP contribution in [0.25, 0.3) is 0 Å². The average molecular weight is 307 g/mol. The molecule has 1 aromatic rings. The first-order valence-corrected chi connectivity index (χ1v) is 7.32. The molecule has 2 N–H and O–H groups in total. The Kier molecular flexibility index (Phi) is 4.85. The summed E-state index contributed by atoms with van der Waals surface area (Å²) in [5, 5.41) is 0. The van der Waals surface area contributed by atoms with Crippen LogP contribution in [0.2, 0.25) is 0 Å². The predicted molar refractivity (Wildman–Crippen MR) is 80.7 cm³/mol.